The molecule has 0 unspecified atom stereocenters. The van der Waals surface area contributed by atoms with Crippen LogP contribution in [-0.2, 0) is 0 Å². The van der Waals surface area contributed by atoms with E-state index in [1.807, 2.05) is 0 Å². The van der Waals surface area contributed by atoms with E-state index in [0.717, 1.165) is 0 Å². The van der Waals surface area contributed by atoms with E-state index < -0.39 is 80.5 Å². The van der Waals surface area contributed by atoms with E-state index in [1.165, 1.54) is 0 Å². The molecule has 0 aliphatic rings. The number of hydrogen-bond donors (Lipinski definition) is 4. The molecule has 0 spiro atoms. The smallest absolute Gasteiger partial charge is 0.337 e. The van der Waals surface area contributed by atoms with Crippen LogP contribution in [0.15, 0.2) is 12.1 Å². The second-order valence-corrected chi connectivity index (χ2v) is 5.17. The minimum Gasteiger partial charge on any atom is -0.478 e. The summed E-state index contributed by atoms with van der Waals surface area (Å²) in [6.45, 7) is 0. The molecule has 2 rings (SSSR count). The molecule has 0 fully saturated rings. The maximum atomic E-state index is 14.2. The third-order valence-corrected chi connectivity index (χ3v) is 3.59. The Labute approximate surface area is 150 Å². The normalized spacial score (nSPS) is 10.6. The second kappa shape index (κ2) is 6.98. The van der Waals surface area contributed by atoms with Crippen molar-refractivity contribution in [3.05, 3.63) is 57.7 Å². The van der Waals surface area contributed by atoms with Crippen LogP contribution >= 0.6 is 0 Å². The number of aromatic carboxylic acids is 4. The first-order valence-electron chi connectivity index (χ1n) is 6.87. The van der Waals surface area contributed by atoms with Crippen LogP contribution in [0.5, 0.6) is 0 Å². The fraction of sp³-hybridized carbons (Fsp3) is 0. The van der Waals surface area contributed by atoms with Crippen molar-refractivity contribution >= 4 is 23.9 Å². The lowest BCUT2D eigenvalue weighted by atomic mass is 9.86. The molecule has 0 atom stereocenters. The molecule has 2 aromatic carbocycles. The van der Waals surface area contributed by atoms with Gasteiger partial charge in [-0.2, -0.15) is 0 Å². The fourth-order valence-electron chi connectivity index (χ4n) is 2.49. The number of benzene rings is 2. The van der Waals surface area contributed by atoms with E-state index in [9.17, 15) is 47.0 Å². The zero-order valence-electron chi connectivity index (χ0n) is 13.1. The molecule has 0 radical (unpaired) electrons. The van der Waals surface area contributed by atoms with Gasteiger partial charge in [0.2, 0.25) is 0 Å². The molecule has 12 heteroatoms. The van der Waals surface area contributed by atoms with Gasteiger partial charge in [0.25, 0.3) is 0 Å². The summed E-state index contributed by atoms with van der Waals surface area (Å²) in [6.07, 6.45) is 0. The lowest BCUT2D eigenvalue weighted by molar-refractivity contribution is 0.0638. The Balaban J connectivity index is 3.26. The molecular formula is C16H6F4O8. The van der Waals surface area contributed by atoms with Crippen molar-refractivity contribution in [1.82, 2.24) is 0 Å². The molecule has 0 saturated heterocycles. The third kappa shape index (κ3) is 3.11. The van der Waals surface area contributed by atoms with Crippen molar-refractivity contribution in [1.29, 1.82) is 0 Å². The van der Waals surface area contributed by atoms with Crippen LogP contribution in [0.3, 0.4) is 0 Å². The first-order valence-corrected chi connectivity index (χ1v) is 6.87. The number of hydrogen-bond acceptors (Lipinski definition) is 4. The Morgan fingerprint density at radius 1 is 0.607 bits per heavy atom. The highest BCUT2D eigenvalue weighted by atomic mass is 19.2. The second-order valence-electron chi connectivity index (χ2n) is 5.17. The molecule has 0 heterocycles. The van der Waals surface area contributed by atoms with Crippen molar-refractivity contribution < 1.29 is 57.2 Å². The van der Waals surface area contributed by atoms with Crippen LogP contribution in [0, 0.1) is 23.3 Å². The number of halogens is 4. The Morgan fingerprint density at radius 2 is 1.04 bits per heavy atom. The van der Waals surface area contributed by atoms with E-state index in [1.54, 1.807) is 0 Å². The largest absolute Gasteiger partial charge is 0.478 e. The van der Waals surface area contributed by atoms with Crippen LogP contribution in [0.1, 0.15) is 41.4 Å². The first kappa shape index (κ1) is 20.4. The molecule has 146 valence electrons. The fourth-order valence-corrected chi connectivity index (χ4v) is 2.49. The Kier molecular flexibility index (Phi) is 5.07. The number of carbonyl (C=O) groups is 4. The SMILES string of the molecule is O=C(O)c1cc(C(=O)O)c(C(=O)O)c(-c2cc(F)c(F)c(F)c2F)c1C(=O)O. The predicted molar refractivity (Wildman–Crippen MR) is 79.5 cm³/mol. The van der Waals surface area contributed by atoms with E-state index in [0.29, 0.717) is 0 Å². The van der Waals surface area contributed by atoms with Crippen molar-refractivity contribution in [2.45, 2.75) is 0 Å². The van der Waals surface area contributed by atoms with Crippen molar-refractivity contribution in [2.24, 2.45) is 0 Å². The molecule has 0 amide bonds. The zero-order chi connectivity index (χ0) is 21.5. The molecule has 2 aromatic rings. The predicted octanol–water partition coefficient (Wildman–Crippen LogP) is 2.70. The van der Waals surface area contributed by atoms with E-state index in [4.69, 9.17) is 10.2 Å². The van der Waals surface area contributed by atoms with E-state index >= 15 is 0 Å². The summed E-state index contributed by atoms with van der Waals surface area (Å²) in [6, 6.07) is 0.0778. The van der Waals surface area contributed by atoms with Gasteiger partial charge in [0, 0.05) is 11.1 Å². The van der Waals surface area contributed by atoms with Crippen LogP contribution in [0.25, 0.3) is 11.1 Å². The van der Waals surface area contributed by atoms with Crippen LogP contribution in [-0.4, -0.2) is 44.3 Å². The van der Waals surface area contributed by atoms with Gasteiger partial charge >= 0.3 is 23.9 Å². The lowest BCUT2D eigenvalue weighted by Gasteiger charge is -2.16. The average molecular weight is 402 g/mol. The molecule has 0 saturated carbocycles. The summed E-state index contributed by atoms with van der Waals surface area (Å²) in [5.74, 6) is -17.5. The van der Waals surface area contributed by atoms with Crippen LogP contribution < -0.4 is 0 Å². The molecule has 8 nitrogen and oxygen atoms in total. The van der Waals surface area contributed by atoms with Gasteiger partial charge in [-0.1, -0.05) is 0 Å². The third-order valence-electron chi connectivity index (χ3n) is 3.59. The monoisotopic (exact) mass is 402 g/mol. The van der Waals surface area contributed by atoms with Gasteiger partial charge in [0.15, 0.2) is 23.3 Å². The average Bonchev–Trinajstić information content (AvgIpc) is 2.60. The first-order chi connectivity index (χ1) is 12.9. The standard InChI is InChI=1S/C16H6F4O8/c17-6-2-3(10(18)12(20)11(6)19)7-8(15(25)26)4(13(21)22)1-5(14(23)24)9(7)16(27)28/h1-2H,(H,21,22)(H,23,24)(H,25,26)(H,27,28). The van der Waals surface area contributed by atoms with Crippen molar-refractivity contribution in [2.75, 3.05) is 0 Å². The summed E-state index contributed by atoms with van der Waals surface area (Å²) in [5, 5.41) is 36.9. The van der Waals surface area contributed by atoms with E-state index in [-0.39, 0.29) is 12.1 Å². The van der Waals surface area contributed by atoms with Gasteiger partial charge < -0.3 is 20.4 Å². The number of carboxylic acid groups (broad SMARTS) is 4. The molecule has 0 bridgehead atoms. The summed E-state index contributed by atoms with van der Waals surface area (Å²) >= 11 is 0. The Morgan fingerprint density at radius 3 is 1.39 bits per heavy atom. The summed E-state index contributed by atoms with van der Waals surface area (Å²) in [4.78, 5) is 45.7. The highest BCUT2D eigenvalue weighted by Crippen LogP contribution is 2.37. The van der Waals surface area contributed by atoms with Gasteiger partial charge in [-0.3, -0.25) is 0 Å². The van der Waals surface area contributed by atoms with Gasteiger partial charge in [-0.25, -0.2) is 36.7 Å². The topological polar surface area (TPSA) is 149 Å². The maximum absolute atomic E-state index is 14.2. The highest BCUT2D eigenvalue weighted by Gasteiger charge is 2.34. The van der Waals surface area contributed by atoms with Crippen LogP contribution in [0.4, 0.5) is 17.6 Å². The lowest BCUT2D eigenvalue weighted by Crippen LogP contribution is -2.19. The van der Waals surface area contributed by atoms with Gasteiger partial charge in [-0.15, -0.1) is 0 Å². The molecule has 0 aliphatic carbocycles. The number of carboxylic acids is 4. The molecular weight excluding hydrogens is 396 g/mol. The van der Waals surface area contributed by atoms with E-state index in [2.05, 4.69) is 0 Å². The van der Waals surface area contributed by atoms with Gasteiger partial charge in [0.1, 0.15) is 0 Å². The highest BCUT2D eigenvalue weighted by molar-refractivity contribution is 6.15. The molecule has 0 aromatic heterocycles. The Bertz CT molecular complexity index is 1030. The summed E-state index contributed by atoms with van der Waals surface area (Å²) < 4.78 is 54.6. The minimum absolute atomic E-state index is 0.112. The molecule has 28 heavy (non-hydrogen) atoms. The minimum atomic E-state index is -2.44. The van der Waals surface area contributed by atoms with Crippen molar-refractivity contribution in [3.8, 4) is 11.1 Å². The van der Waals surface area contributed by atoms with Crippen molar-refractivity contribution in [3.63, 3.8) is 0 Å². The van der Waals surface area contributed by atoms with Gasteiger partial charge in [0.05, 0.1) is 22.3 Å². The quantitative estimate of drug-likeness (QED) is 0.339. The summed E-state index contributed by atoms with van der Waals surface area (Å²) in [7, 11) is 0. The van der Waals surface area contributed by atoms with Crippen LogP contribution in [0.2, 0.25) is 0 Å². The summed E-state index contributed by atoms with van der Waals surface area (Å²) in [5.41, 5.74) is -8.45. The van der Waals surface area contributed by atoms with Gasteiger partial charge in [-0.05, 0) is 12.1 Å². The Hall–Kier alpha value is -3.96. The maximum Gasteiger partial charge on any atom is 0.337 e. The molecule has 0 aliphatic heterocycles. The number of rotatable bonds is 5. The zero-order valence-corrected chi connectivity index (χ0v) is 13.1. The molecule has 4 N–H and O–H groups in total.